The molecule has 1 aliphatic carbocycles. The molecule has 0 aliphatic heterocycles. The van der Waals surface area contributed by atoms with E-state index < -0.39 is 16.2 Å². The molecule has 0 saturated heterocycles. The molecule has 0 radical (unpaired) electrons. The molecule has 4 atom stereocenters. The third-order valence-electron chi connectivity index (χ3n) is 5.23. The van der Waals surface area contributed by atoms with E-state index in [1.165, 1.54) is 0 Å². The van der Waals surface area contributed by atoms with Crippen LogP contribution in [0.25, 0.3) is 0 Å². The average Bonchev–Trinajstić information content (AvgIpc) is 2.95. The van der Waals surface area contributed by atoms with E-state index in [9.17, 15) is 8.42 Å². The predicted molar refractivity (Wildman–Crippen MR) is 108 cm³/mol. The molecule has 1 aliphatic rings. The molecule has 0 N–H and O–H groups in total. The summed E-state index contributed by atoms with van der Waals surface area (Å²) in [5.74, 6) is 0.0884. The maximum atomic E-state index is 11.7. The van der Waals surface area contributed by atoms with Crippen LogP contribution >= 0.6 is 0 Å². The second-order valence-corrected chi connectivity index (χ2v) is 9.03. The highest BCUT2D eigenvalue weighted by atomic mass is 32.2. The van der Waals surface area contributed by atoms with Crippen molar-refractivity contribution in [3.63, 3.8) is 0 Å². The zero-order chi connectivity index (χ0) is 20.0. The van der Waals surface area contributed by atoms with E-state index in [0.29, 0.717) is 26.2 Å². The van der Waals surface area contributed by atoms with Gasteiger partial charge >= 0.3 is 0 Å². The highest BCUT2D eigenvalue weighted by molar-refractivity contribution is 7.86. The lowest BCUT2D eigenvalue weighted by Gasteiger charge is -2.23. The molecule has 0 spiro atoms. The van der Waals surface area contributed by atoms with Gasteiger partial charge in [0.15, 0.2) is 0 Å². The molecule has 5 nitrogen and oxygen atoms in total. The fraction of sp³-hybridized carbons (Fsp3) is 0.455. The van der Waals surface area contributed by atoms with Crippen LogP contribution in [-0.4, -0.2) is 33.5 Å². The Hall–Kier alpha value is -1.73. The third-order valence-corrected chi connectivity index (χ3v) is 5.83. The van der Waals surface area contributed by atoms with Gasteiger partial charge in [0.05, 0.1) is 38.3 Å². The monoisotopic (exact) mass is 404 g/mol. The standard InChI is InChI=1S/C22H28O5S/c1-17-20(16-25-14-18-9-5-3-6-10-18)22(27-28(2,23)24)13-21(17)26-15-19-11-7-4-8-12-19/h3-12,17,20-22H,13-16H2,1-2H3. The van der Waals surface area contributed by atoms with Gasteiger partial charge in [0.25, 0.3) is 10.1 Å². The maximum Gasteiger partial charge on any atom is 0.264 e. The summed E-state index contributed by atoms with van der Waals surface area (Å²) in [5, 5.41) is 0. The number of benzene rings is 2. The topological polar surface area (TPSA) is 61.8 Å². The van der Waals surface area contributed by atoms with Gasteiger partial charge in [-0.1, -0.05) is 67.6 Å². The van der Waals surface area contributed by atoms with Gasteiger partial charge in [0, 0.05) is 12.3 Å². The summed E-state index contributed by atoms with van der Waals surface area (Å²) in [7, 11) is -3.54. The van der Waals surface area contributed by atoms with Gasteiger partial charge in [-0.25, -0.2) is 0 Å². The van der Waals surface area contributed by atoms with E-state index in [4.69, 9.17) is 13.7 Å². The quantitative estimate of drug-likeness (QED) is 0.595. The van der Waals surface area contributed by atoms with Gasteiger partial charge in [0.2, 0.25) is 0 Å². The normalized spacial score (nSPS) is 25.1. The Bertz CT molecular complexity index is 823. The van der Waals surface area contributed by atoms with Gasteiger partial charge in [-0.2, -0.15) is 8.42 Å². The minimum atomic E-state index is -3.54. The highest BCUT2D eigenvalue weighted by Crippen LogP contribution is 2.37. The van der Waals surface area contributed by atoms with Crippen molar-refractivity contribution >= 4 is 10.1 Å². The van der Waals surface area contributed by atoms with Crippen molar-refractivity contribution in [3.05, 3.63) is 71.8 Å². The molecule has 0 aromatic heterocycles. The zero-order valence-electron chi connectivity index (χ0n) is 16.4. The first-order chi connectivity index (χ1) is 13.4. The Labute approximate surface area is 167 Å². The van der Waals surface area contributed by atoms with E-state index in [0.717, 1.165) is 17.4 Å². The Morgan fingerprint density at radius 1 is 0.893 bits per heavy atom. The summed E-state index contributed by atoms with van der Waals surface area (Å²) in [6.45, 7) is 3.50. The molecule has 1 saturated carbocycles. The first kappa shape index (κ1) is 21.0. The molecular weight excluding hydrogens is 376 g/mol. The highest BCUT2D eigenvalue weighted by Gasteiger charge is 2.43. The van der Waals surface area contributed by atoms with Gasteiger partial charge in [-0.15, -0.1) is 0 Å². The van der Waals surface area contributed by atoms with Gasteiger partial charge in [-0.05, 0) is 17.0 Å². The van der Waals surface area contributed by atoms with Crippen molar-refractivity contribution in [1.82, 2.24) is 0 Å². The van der Waals surface area contributed by atoms with Gasteiger partial charge < -0.3 is 9.47 Å². The molecule has 0 bridgehead atoms. The Kier molecular flexibility index (Phi) is 7.24. The first-order valence-electron chi connectivity index (χ1n) is 9.58. The van der Waals surface area contributed by atoms with Crippen molar-refractivity contribution < 1.29 is 22.1 Å². The van der Waals surface area contributed by atoms with Crippen LogP contribution in [0.5, 0.6) is 0 Å². The second-order valence-electron chi connectivity index (χ2n) is 7.43. The minimum absolute atomic E-state index is 0.0424. The van der Waals surface area contributed by atoms with Crippen molar-refractivity contribution in [2.45, 2.75) is 38.8 Å². The van der Waals surface area contributed by atoms with Crippen LogP contribution in [-0.2, 0) is 37.0 Å². The van der Waals surface area contributed by atoms with Crippen molar-refractivity contribution in [3.8, 4) is 0 Å². The molecule has 0 heterocycles. The molecule has 6 heteroatoms. The molecule has 1 fully saturated rings. The lowest BCUT2D eigenvalue weighted by atomic mass is 9.96. The Morgan fingerprint density at radius 2 is 1.46 bits per heavy atom. The van der Waals surface area contributed by atoms with Crippen LogP contribution < -0.4 is 0 Å². The number of hydrogen-bond donors (Lipinski definition) is 0. The molecule has 2 aromatic rings. The van der Waals surface area contributed by atoms with E-state index in [-0.39, 0.29) is 17.9 Å². The van der Waals surface area contributed by atoms with E-state index in [1.54, 1.807) is 0 Å². The molecule has 3 rings (SSSR count). The summed E-state index contributed by atoms with van der Waals surface area (Å²) in [6, 6.07) is 19.9. The zero-order valence-corrected chi connectivity index (χ0v) is 17.2. The maximum absolute atomic E-state index is 11.7. The fourth-order valence-electron chi connectivity index (χ4n) is 3.71. The largest absolute Gasteiger partial charge is 0.376 e. The van der Waals surface area contributed by atoms with E-state index in [1.807, 2.05) is 60.7 Å². The summed E-state index contributed by atoms with van der Waals surface area (Å²) in [6.07, 6.45) is 1.14. The van der Waals surface area contributed by atoms with Crippen molar-refractivity contribution in [2.24, 2.45) is 11.8 Å². The number of hydrogen-bond acceptors (Lipinski definition) is 5. The summed E-state index contributed by atoms with van der Waals surface area (Å²) >= 11 is 0. The van der Waals surface area contributed by atoms with Crippen LogP contribution in [0.1, 0.15) is 24.5 Å². The van der Waals surface area contributed by atoms with E-state index in [2.05, 4.69) is 6.92 Å². The van der Waals surface area contributed by atoms with Crippen LogP contribution in [0.4, 0.5) is 0 Å². The first-order valence-corrected chi connectivity index (χ1v) is 11.4. The number of rotatable bonds is 9. The second kappa shape index (κ2) is 9.65. The molecular formula is C22H28O5S. The molecule has 4 unspecified atom stereocenters. The van der Waals surface area contributed by atoms with Gasteiger partial charge in [0.1, 0.15) is 0 Å². The smallest absolute Gasteiger partial charge is 0.264 e. The lowest BCUT2D eigenvalue weighted by molar-refractivity contribution is 0.000233. The van der Waals surface area contributed by atoms with Gasteiger partial charge in [-0.3, -0.25) is 4.18 Å². The van der Waals surface area contributed by atoms with Crippen molar-refractivity contribution in [2.75, 3.05) is 12.9 Å². The molecule has 2 aromatic carbocycles. The predicted octanol–water partition coefficient (Wildman–Crippen LogP) is 3.79. The number of ether oxygens (including phenoxy) is 2. The van der Waals surface area contributed by atoms with Crippen LogP contribution in [0, 0.1) is 11.8 Å². The molecule has 0 amide bonds. The Balaban J connectivity index is 1.60. The lowest BCUT2D eigenvalue weighted by Crippen LogP contribution is -2.28. The average molecular weight is 405 g/mol. The van der Waals surface area contributed by atoms with Crippen molar-refractivity contribution in [1.29, 1.82) is 0 Å². The van der Waals surface area contributed by atoms with Crippen LogP contribution in [0.2, 0.25) is 0 Å². The van der Waals surface area contributed by atoms with Crippen LogP contribution in [0.15, 0.2) is 60.7 Å². The van der Waals surface area contributed by atoms with E-state index >= 15 is 0 Å². The SMILES string of the molecule is CC1C(OCc2ccccc2)CC(OS(C)(=O)=O)C1COCc1ccccc1. The third kappa shape index (κ3) is 6.14. The summed E-state index contributed by atoms with van der Waals surface area (Å²) in [4.78, 5) is 0. The summed E-state index contributed by atoms with van der Waals surface area (Å²) < 4.78 is 40.8. The molecule has 152 valence electrons. The van der Waals surface area contributed by atoms with Crippen LogP contribution in [0.3, 0.4) is 0 Å². The molecule has 28 heavy (non-hydrogen) atoms. The fourth-order valence-corrected chi connectivity index (χ4v) is 4.38. The summed E-state index contributed by atoms with van der Waals surface area (Å²) in [5.41, 5.74) is 2.18. The Morgan fingerprint density at radius 3 is 2.04 bits per heavy atom. The minimum Gasteiger partial charge on any atom is -0.376 e.